The monoisotopic (exact) mass is 390 g/mol. The predicted molar refractivity (Wildman–Crippen MR) is 102 cm³/mol. The minimum absolute atomic E-state index is 0. The SMILES string of the molecule is CNCCNC(=O)c1cc(S(=O)(=O)N(C)C)ccc1N1CCCC1.Cl. The molecule has 7 nitrogen and oxygen atoms in total. The number of nitrogens with one attached hydrogen (secondary N) is 2. The Labute approximate surface area is 156 Å². The summed E-state index contributed by atoms with van der Waals surface area (Å²) in [4.78, 5) is 14.8. The third-order valence-electron chi connectivity index (χ3n) is 4.10. The molecule has 1 amide bonds. The Kier molecular flexibility index (Phi) is 8.14. The van der Waals surface area contributed by atoms with Gasteiger partial charge in [-0.2, -0.15) is 0 Å². The van der Waals surface area contributed by atoms with Crippen LogP contribution in [-0.2, 0) is 10.0 Å². The molecule has 0 saturated carbocycles. The fourth-order valence-electron chi connectivity index (χ4n) is 2.70. The van der Waals surface area contributed by atoms with E-state index in [0.29, 0.717) is 18.7 Å². The Morgan fingerprint density at radius 3 is 2.40 bits per heavy atom. The zero-order valence-corrected chi connectivity index (χ0v) is 16.5. The van der Waals surface area contributed by atoms with Gasteiger partial charge in [0.25, 0.3) is 5.91 Å². The summed E-state index contributed by atoms with van der Waals surface area (Å²) in [6, 6.07) is 4.81. The van der Waals surface area contributed by atoms with Crippen molar-refractivity contribution < 1.29 is 13.2 Å². The Hall–Kier alpha value is -1.35. The number of likely N-dealkylation sites (N-methyl/N-ethyl adjacent to an activating group) is 1. The molecule has 0 unspecified atom stereocenters. The average Bonchev–Trinajstić information content (AvgIpc) is 3.08. The topological polar surface area (TPSA) is 81.7 Å². The van der Waals surface area contributed by atoms with Gasteiger partial charge in [0, 0.05) is 46.0 Å². The average molecular weight is 391 g/mol. The lowest BCUT2D eigenvalue weighted by Crippen LogP contribution is -2.32. The fraction of sp³-hybridized carbons (Fsp3) is 0.562. The molecule has 2 rings (SSSR count). The summed E-state index contributed by atoms with van der Waals surface area (Å²) in [5.74, 6) is -0.247. The molecule has 142 valence electrons. The van der Waals surface area contributed by atoms with Gasteiger partial charge in [-0.15, -0.1) is 12.4 Å². The molecule has 0 aromatic heterocycles. The number of carbonyl (C=O) groups excluding carboxylic acids is 1. The van der Waals surface area contributed by atoms with Crippen LogP contribution in [0, 0.1) is 0 Å². The quantitative estimate of drug-likeness (QED) is 0.676. The van der Waals surface area contributed by atoms with Gasteiger partial charge in [-0.3, -0.25) is 4.79 Å². The van der Waals surface area contributed by atoms with Gasteiger partial charge in [-0.1, -0.05) is 0 Å². The van der Waals surface area contributed by atoms with Gasteiger partial charge in [-0.05, 0) is 38.1 Å². The van der Waals surface area contributed by atoms with Gasteiger partial charge in [0.05, 0.1) is 10.5 Å². The van der Waals surface area contributed by atoms with E-state index in [9.17, 15) is 13.2 Å². The second-order valence-corrected chi connectivity index (χ2v) is 8.17. The molecule has 0 spiro atoms. The highest BCUT2D eigenvalue weighted by Gasteiger charge is 2.24. The van der Waals surface area contributed by atoms with E-state index < -0.39 is 10.0 Å². The molecule has 0 atom stereocenters. The third-order valence-corrected chi connectivity index (χ3v) is 5.91. The van der Waals surface area contributed by atoms with E-state index in [4.69, 9.17) is 0 Å². The molecule has 1 aromatic carbocycles. The molecule has 1 aliphatic rings. The first-order valence-corrected chi connectivity index (χ1v) is 9.56. The second-order valence-electron chi connectivity index (χ2n) is 6.02. The lowest BCUT2D eigenvalue weighted by Gasteiger charge is -2.22. The van der Waals surface area contributed by atoms with Crippen molar-refractivity contribution in [2.45, 2.75) is 17.7 Å². The van der Waals surface area contributed by atoms with Crippen molar-refractivity contribution in [2.75, 3.05) is 52.2 Å². The maximum absolute atomic E-state index is 12.6. The van der Waals surface area contributed by atoms with Crippen molar-refractivity contribution in [1.29, 1.82) is 0 Å². The van der Waals surface area contributed by atoms with E-state index in [2.05, 4.69) is 15.5 Å². The van der Waals surface area contributed by atoms with Crippen molar-refractivity contribution in [3.63, 3.8) is 0 Å². The smallest absolute Gasteiger partial charge is 0.253 e. The standard InChI is InChI=1S/C16H26N4O3S.ClH/c1-17-8-9-18-16(21)14-12-13(24(22,23)19(2)3)6-7-15(14)20-10-4-5-11-20;/h6-7,12,17H,4-5,8-11H2,1-3H3,(H,18,21);1H. The van der Waals surface area contributed by atoms with E-state index in [0.717, 1.165) is 35.9 Å². The van der Waals surface area contributed by atoms with Crippen LogP contribution >= 0.6 is 12.4 Å². The van der Waals surface area contributed by atoms with Crippen LogP contribution < -0.4 is 15.5 Å². The first-order chi connectivity index (χ1) is 11.4. The lowest BCUT2D eigenvalue weighted by atomic mass is 10.1. The molecular weight excluding hydrogens is 364 g/mol. The van der Waals surface area contributed by atoms with Gasteiger partial charge in [0.2, 0.25) is 10.0 Å². The second kappa shape index (κ2) is 9.38. The first kappa shape index (κ1) is 21.7. The minimum Gasteiger partial charge on any atom is -0.371 e. The molecule has 9 heteroatoms. The van der Waals surface area contributed by atoms with Crippen LogP contribution in [0.15, 0.2) is 23.1 Å². The van der Waals surface area contributed by atoms with Crippen molar-refractivity contribution >= 4 is 34.0 Å². The maximum atomic E-state index is 12.6. The highest BCUT2D eigenvalue weighted by molar-refractivity contribution is 7.89. The van der Waals surface area contributed by atoms with Gasteiger partial charge in [0.15, 0.2) is 0 Å². The van der Waals surface area contributed by atoms with Gasteiger partial charge in [-0.25, -0.2) is 12.7 Å². The van der Waals surface area contributed by atoms with E-state index in [1.54, 1.807) is 12.1 Å². The molecule has 1 heterocycles. The number of hydrogen-bond acceptors (Lipinski definition) is 5. The molecule has 2 N–H and O–H groups in total. The zero-order chi connectivity index (χ0) is 17.7. The zero-order valence-electron chi connectivity index (χ0n) is 14.9. The van der Waals surface area contributed by atoms with Crippen LogP contribution in [0.2, 0.25) is 0 Å². The number of carbonyl (C=O) groups is 1. The molecule has 0 aliphatic carbocycles. The van der Waals surface area contributed by atoms with Gasteiger partial charge in [0.1, 0.15) is 0 Å². The number of amides is 1. The van der Waals surface area contributed by atoms with Crippen molar-refractivity contribution in [3.8, 4) is 0 Å². The Morgan fingerprint density at radius 2 is 1.84 bits per heavy atom. The summed E-state index contributed by atoms with van der Waals surface area (Å²) >= 11 is 0. The van der Waals surface area contributed by atoms with Crippen LogP contribution in [0.4, 0.5) is 5.69 Å². The summed E-state index contributed by atoms with van der Waals surface area (Å²) < 4.78 is 25.9. The van der Waals surface area contributed by atoms with E-state index in [-0.39, 0.29) is 23.2 Å². The molecular formula is C16H27ClN4O3S. The van der Waals surface area contributed by atoms with Gasteiger partial charge < -0.3 is 15.5 Å². The number of hydrogen-bond donors (Lipinski definition) is 2. The maximum Gasteiger partial charge on any atom is 0.253 e. The van der Waals surface area contributed by atoms with Crippen LogP contribution in [0.3, 0.4) is 0 Å². The van der Waals surface area contributed by atoms with Gasteiger partial charge >= 0.3 is 0 Å². The Bertz CT molecular complexity index is 689. The summed E-state index contributed by atoms with van der Waals surface area (Å²) in [6.07, 6.45) is 2.16. The largest absolute Gasteiger partial charge is 0.371 e. The molecule has 1 saturated heterocycles. The van der Waals surface area contributed by atoms with Crippen molar-refractivity contribution in [3.05, 3.63) is 23.8 Å². The van der Waals surface area contributed by atoms with E-state index >= 15 is 0 Å². The fourth-order valence-corrected chi connectivity index (χ4v) is 3.63. The van der Waals surface area contributed by atoms with Crippen molar-refractivity contribution in [1.82, 2.24) is 14.9 Å². The van der Waals surface area contributed by atoms with Crippen LogP contribution in [0.25, 0.3) is 0 Å². The van der Waals surface area contributed by atoms with Crippen molar-refractivity contribution in [2.24, 2.45) is 0 Å². The molecule has 25 heavy (non-hydrogen) atoms. The molecule has 0 radical (unpaired) electrons. The van der Waals surface area contributed by atoms with Crippen LogP contribution in [0.5, 0.6) is 0 Å². The number of sulfonamides is 1. The van der Waals surface area contributed by atoms with E-state index in [1.165, 1.54) is 20.2 Å². The Balaban J connectivity index is 0.00000312. The number of nitrogens with zero attached hydrogens (tertiary/aromatic N) is 2. The summed E-state index contributed by atoms with van der Waals surface area (Å²) in [7, 11) is 1.20. The number of halogens is 1. The minimum atomic E-state index is -3.58. The summed E-state index contributed by atoms with van der Waals surface area (Å²) in [5.41, 5.74) is 1.21. The number of anilines is 1. The summed E-state index contributed by atoms with van der Waals surface area (Å²) in [6.45, 7) is 2.91. The lowest BCUT2D eigenvalue weighted by molar-refractivity contribution is 0.0954. The van der Waals surface area contributed by atoms with E-state index in [1.807, 2.05) is 7.05 Å². The Morgan fingerprint density at radius 1 is 1.20 bits per heavy atom. The molecule has 1 aliphatic heterocycles. The molecule has 1 fully saturated rings. The number of rotatable bonds is 7. The number of benzene rings is 1. The highest BCUT2D eigenvalue weighted by Crippen LogP contribution is 2.28. The summed E-state index contributed by atoms with van der Waals surface area (Å²) in [5, 5.41) is 5.80. The van der Waals surface area contributed by atoms with Crippen LogP contribution in [-0.4, -0.2) is 66.0 Å². The normalized spacial score (nSPS) is 14.5. The van der Waals surface area contributed by atoms with Crippen LogP contribution in [0.1, 0.15) is 23.2 Å². The third kappa shape index (κ3) is 5.07. The molecule has 0 bridgehead atoms. The predicted octanol–water partition coefficient (Wildman–Crippen LogP) is 0.908. The first-order valence-electron chi connectivity index (χ1n) is 8.12. The highest BCUT2D eigenvalue weighted by atomic mass is 35.5. The molecule has 1 aromatic rings.